The largest absolute Gasteiger partial charge is 0.487 e. The van der Waals surface area contributed by atoms with Crippen LogP contribution in [0.1, 0.15) is 16.3 Å². The summed E-state index contributed by atoms with van der Waals surface area (Å²) in [5, 5.41) is 10.7. The molecule has 94 valence electrons. The van der Waals surface area contributed by atoms with Gasteiger partial charge in [0.1, 0.15) is 18.2 Å². The maximum atomic E-state index is 7.33. The van der Waals surface area contributed by atoms with Gasteiger partial charge < -0.3 is 10.5 Å². The highest BCUT2D eigenvalue weighted by Crippen LogP contribution is 2.23. The van der Waals surface area contributed by atoms with Gasteiger partial charge in [-0.25, -0.2) is 4.98 Å². The van der Waals surface area contributed by atoms with E-state index in [9.17, 15) is 0 Å². The van der Waals surface area contributed by atoms with Crippen LogP contribution in [-0.4, -0.2) is 10.8 Å². The number of rotatable bonds is 4. The standard InChI is InChI=1S/C12H12ClN3OS/c1-7-16-8(6-18-7)5-17-9-2-3-10(12(14)15)11(13)4-9/h2-4,6H,5H2,1H3,(H3,14,15). The summed E-state index contributed by atoms with van der Waals surface area (Å²) in [6.07, 6.45) is 0. The number of halogens is 1. The second-order valence-corrected chi connectivity index (χ2v) is 5.17. The average molecular weight is 282 g/mol. The smallest absolute Gasteiger partial charge is 0.131 e. The average Bonchev–Trinajstić information content (AvgIpc) is 2.72. The van der Waals surface area contributed by atoms with Crippen LogP contribution in [0, 0.1) is 12.3 Å². The minimum Gasteiger partial charge on any atom is -0.487 e. The van der Waals surface area contributed by atoms with E-state index < -0.39 is 0 Å². The molecule has 0 fully saturated rings. The Labute approximate surface area is 114 Å². The topological polar surface area (TPSA) is 72.0 Å². The Morgan fingerprint density at radius 1 is 1.56 bits per heavy atom. The Bertz CT molecular complexity index is 582. The highest BCUT2D eigenvalue weighted by molar-refractivity contribution is 7.09. The minimum atomic E-state index is -0.0540. The number of hydrogen-bond acceptors (Lipinski definition) is 4. The minimum absolute atomic E-state index is 0.0540. The van der Waals surface area contributed by atoms with E-state index >= 15 is 0 Å². The molecule has 1 heterocycles. The lowest BCUT2D eigenvalue weighted by atomic mass is 10.2. The number of nitrogens with two attached hydrogens (primary N) is 1. The molecular formula is C12H12ClN3OS. The summed E-state index contributed by atoms with van der Waals surface area (Å²) in [6.45, 7) is 2.35. The Hall–Kier alpha value is -1.59. The van der Waals surface area contributed by atoms with Gasteiger partial charge in [0.15, 0.2) is 0 Å². The summed E-state index contributed by atoms with van der Waals surface area (Å²) < 4.78 is 5.57. The summed E-state index contributed by atoms with van der Waals surface area (Å²) in [5.74, 6) is 0.581. The number of thiazole rings is 1. The Balaban J connectivity index is 2.06. The van der Waals surface area contributed by atoms with E-state index in [1.165, 1.54) is 0 Å². The molecule has 0 aliphatic carbocycles. The van der Waals surface area contributed by atoms with Crippen LogP contribution in [-0.2, 0) is 6.61 Å². The second kappa shape index (κ2) is 5.37. The van der Waals surface area contributed by atoms with Crippen LogP contribution in [0.15, 0.2) is 23.6 Å². The van der Waals surface area contributed by atoms with Gasteiger partial charge >= 0.3 is 0 Å². The molecule has 0 aliphatic rings. The van der Waals surface area contributed by atoms with Crippen molar-refractivity contribution in [1.82, 2.24) is 4.98 Å². The fraction of sp³-hybridized carbons (Fsp3) is 0.167. The molecule has 2 aromatic rings. The lowest BCUT2D eigenvalue weighted by Crippen LogP contribution is -2.11. The number of amidine groups is 1. The fourth-order valence-corrected chi connectivity index (χ4v) is 2.31. The monoisotopic (exact) mass is 281 g/mol. The molecule has 3 N–H and O–H groups in total. The Kier molecular flexibility index (Phi) is 3.84. The molecule has 0 saturated carbocycles. The SMILES string of the molecule is Cc1nc(COc2ccc(C(=N)N)c(Cl)c2)cs1. The molecule has 0 aliphatic heterocycles. The van der Waals surface area contributed by atoms with Crippen molar-refractivity contribution in [3.05, 3.63) is 44.9 Å². The van der Waals surface area contributed by atoms with Crippen molar-refractivity contribution in [3.8, 4) is 5.75 Å². The number of nitrogen functional groups attached to an aromatic ring is 1. The van der Waals surface area contributed by atoms with Gasteiger partial charge in [-0.1, -0.05) is 11.6 Å². The number of hydrogen-bond donors (Lipinski definition) is 2. The van der Waals surface area contributed by atoms with Gasteiger partial charge in [-0.3, -0.25) is 5.41 Å². The molecule has 0 saturated heterocycles. The van der Waals surface area contributed by atoms with E-state index in [0.29, 0.717) is 22.9 Å². The third-order valence-electron chi connectivity index (χ3n) is 2.28. The summed E-state index contributed by atoms with van der Waals surface area (Å²) in [4.78, 5) is 4.30. The molecular weight excluding hydrogens is 270 g/mol. The molecule has 0 amide bonds. The number of benzene rings is 1. The van der Waals surface area contributed by atoms with Gasteiger partial charge in [-0.15, -0.1) is 11.3 Å². The molecule has 0 radical (unpaired) electrons. The van der Waals surface area contributed by atoms with Crippen molar-refractivity contribution in [1.29, 1.82) is 5.41 Å². The number of nitrogens with zero attached hydrogens (tertiary/aromatic N) is 1. The molecule has 1 aromatic carbocycles. The number of ether oxygens (including phenoxy) is 1. The van der Waals surface area contributed by atoms with Gasteiger partial charge in [-0.2, -0.15) is 0 Å². The summed E-state index contributed by atoms with van der Waals surface area (Å²) in [5.41, 5.74) is 6.78. The maximum absolute atomic E-state index is 7.33. The fourth-order valence-electron chi connectivity index (χ4n) is 1.44. The molecule has 0 unspecified atom stereocenters. The van der Waals surface area contributed by atoms with Crippen molar-refractivity contribution < 1.29 is 4.74 Å². The maximum Gasteiger partial charge on any atom is 0.131 e. The van der Waals surface area contributed by atoms with E-state index in [-0.39, 0.29) is 5.84 Å². The molecule has 6 heteroatoms. The van der Waals surface area contributed by atoms with Crippen LogP contribution in [0.3, 0.4) is 0 Å². The van der Waals surface area contributed by atoms with Crippen LogP contribution < -0.4 is 10.5 Å². The summed E-state index contributed by atoms with van der Waals surface area (Å²) in [6, 6.07) is 5.06. The van der Waals surface area contributed by atoms with E-state index in [2.05, 4.69) is 4.98 Å². The summed E-state index contributed by atoms with van der Waals surface area (Å²) >= 11 is 7.58. The first kappa shape index (κ1) is 12.9. The molecule has 4 nitrogen and oxygen atoms in total. The van der Waals surface area contributed by atoms with Crippen molar-refractivity contribution >= 4 is 28.8 Å². The zero-order valence-electron chi connectivity index (χ0n) is 9.74. The highest BCUT2D eigenvalue weighted by atomic mass is 35.5. The van der Waals surface area contributed by atoms with E-state index in [0.717, 1.165) is 10.7 Å². The van der Waals surface area contributed by atoms with Crippen LogP contribution in [0.5, 0.6) is 5.75 Å². The van der Waals surface area contributed by atoms with E-state index in [1.807, 2.05) is 12.3 Å². The highest BCUT2D eigenvalue weighted by Gasteiger charge is 2.06. The van der Waals surface area contributed by atoms with Crippen molar-refractivity contribution in [2.45, 2.75) is 13.5 Å². The first-order valence-electron chi connectivity index (χ1n) is 5.24. The van der Waals surface area contributed by atoms with Crippen molar-refractivity contribution in [2.75, 3.05) is 0 Å². The Morgan fingerprint density at radius 3 is 2.89 bits per heavy atom. The van der Waals surface area contributed by atoms with Gasteiger partial charge in [0, 0.05) is 10.9 Å². The van der Waals surface area contributed by atoms with Gasteiger partial charge in [0.25, 0.3) is 0 Å². The van der Waals surface area contributed by atoms with Crippen molar-refractivity contribution in [2.24, 2.45) is 5.73 Å². The lowest BCUT2D eigenvalue weighted by molar-refractivity contribution is 0.302. The number of aromatic nitrogens is 1. The third kappa shape index (κ3) is 3.00. The normalized spacial score (nSPS) is 10.3. The van der Waals surface area contributed by atoms with Crippen molar-refractivity contribution in [3.63, 3.8) is 0 Å². The van der Waals surface area contributed by atoms with Crippen LogP contribution in [0.4, 0.5) is 0 Å². The number of nitrogens with one attached hydrogen (secondary N) is 1. The first-order chi connectivity index (χ1) is 8.56. The lowest BCUT2D eigenvalue weighted by Gasteiger charge is -2.07. The van der Waals surface area contributed by atoms with Crippen LogP contribution in [0.2, 0.25) is 5.02 Å². The first-order valence-corrected chi connectivity index (χ1v) is 6.50. The molecule has 1 aromatic heterocycles. The van der Waals surface area contributed by atoms with E-state index in [1.54, 1.807) is 29.5 Å². The predicted molar refractivity (Wildman–Crippen MR) is 73.7 cm³/mol. The zero-order valence-corrected chi connectivity index (χ0v) is 11.3. The Morgan fingerprint density at radius 2 is 2.33 bits per heavy atom. The van der Waals surface area contributed by atoms with E-state index in [4.69, 9.17) is 27.5 Å². The molecule has 0 spiro atoms. The second-order valence-electron chi connectivity index (χ2n) is 3.70. The molecule has 0 atom stereocenters. The zero-order chi connectivity index (χ0) is 13.1. The molecule has 2 rings (SSSR count). The number of aryl methyl sites for hydroxylation is 1. The molecule has 18 heavy (non-hydrogen) atoms. The predicted octanol–water partition coefficient (Wildman–Crippen LogP) is 2.97. The van der Waals surface area contributed by atoms with Gasteiger partial charge in [-0.05, 0) is 25.1 Å². The quantitative estimate of drug-likeness (QED) is 0.668. The van der Waals surface area contributed by atoms with Gasteiger partial charge in [0.05, 0.1) is 15.7 Å². The third-order valence-corrected chi connectivity index (χ3v) is 3.42. The molecule has 0 bridgehead atoms. The van der Waals surface area contributed by atoms with Gasteiger partial charge in [0.2, 0.25) is 0 Å². The van der Waals surface area contributed by atoms with Crippen LogP contribution in [0.25, 0.3) is 0 Å². The van der Waals surface area contributed by atoms with Crippen LogP contribution >= 0.6 is 22.9 Å². The summed E-state index contributed by atoms with van der Waals surface area (Å²) in [7, 11) is 0.